The molecule has 0 aliphatic heterocycles. The highest BCUT2D eigenvalue weighted by Crippen LogP contribution is 1.95. The van der Waals surface area contributed by atoms with E-state index in [2.05, 4.69) is 10.3 Å². The van der Waals surface area contributed by atoms with Crippen LogP contribution in [0.2, 0.25) is 0 Å². The topological polar surface area (TPSA) is 72.9 Å². The van der Waals surface area contributed by atoms with Crippen LogP contribution < -0.4 is 11.1 Å². The second kappa shape index (κ2) is 4.61. The van der Waals surface area contributed by atoms with Crippen molar-refractivity contribution < 1.29 is 4.79 Å². The SMILES string of the molecule is CCNC(=O)Cn1ccnc1CN. The van der Waals surface area contributed by atoms with Gasteiger partial charge in [-0.3, -0.25) is 4.79 Å². The first-order valence-corrected chi connectivity index (χ1v) is 4.24. The summed E-state index contributed by atoms with van der Waals surface area (Å²) in [4.78, 5) is 15.2. The summed E-state index contributed by atoms with van der Waals surface area (Å²) in [5.74, 6) is 0.710. The van der Waals surface area contributed by atoms with E-state index >= 15 is 0 Å². The fourth-order valence-corrected chi connectivity index (χ4v) is 1.08. The van der Waals surface area contributed by atoms with Crippen LogP contribution in [-0.2, 0) is 17.9 Å². The van der Waals surface area contributed by atoms with E-state index in [1.54, 1.807) is 17.0 Å². The van der Waals surface area contributed by atoms with Gasteiger partial charge in [0.2, 0.25) is 5.91 Å². The molecule has 1 heterocycles. The van der Waals surface area contributed by atoms with Gasteiger partial charge in [-0.1, -0.05) is 0 Å². The van der Waals surface area contributed by atoms with Gasteiger partial charge >= 0.3 is 0 Å². The number of rotatable bonds is 4. The molecule has 13 heavy (non-hydrogen) atoms. The molecule has 1 amide bonds. The Labute approximate surface area is 76.9 Å². The largest absolute Gasteiger partial charge is 0.355 e. The average Bonchev–Trinajstić information content (AvgIpc) is 2.52. The van der Waals surface area contributed by atoms with Gasteiger partial charge in [-0.25, -0.2) is 4.98 Å². The first-order valence-electron chi connectivity index (χ1n) is 4.24. The number of aromatic nitrogens is 2. The zero-order valence-electron chi connectivity index (χ0n) is 7.66. The number of carbonyl (C=O) groups excluding carboxylic acids is 1. The zero-order valence-corrected chi connectivity index (χ0v) is 7.66. The Balaban J connectivity index is 2.57. The summed E-state index contributed by atoms with van der Waals surface area (Å²) in [6.07, 6.45) is 3.39. The highest BCUT2D eigenvalue weighted by molar-refractivity contribution is 5.75. The van der Waals surface area contributed by atoms with Gasteiger partial charge in [-0.15, -0.1) is 0 Å². The average molecular weight is 182 g/mol. The van der Waals surface area contributed by atoms with E-state index in [-0.39, 0.29) is 5.91 Å². The van der Waals surface area contributed by atoms with Crippen LogP contribution in [-0.4, -0.2) is 22.0 Å². The molecule has 0 aromatic carbocycles. The minimum atomic E-state index is -0.0183. The zero-order chi connectivity index (χ0) is 9.68. The van der Waals surface area contributed by atoms with Gasteiger partial charge in [0.25, 0.3) is 0 Å². The Morgan fingerprint density at radius 2 is 2.54 bits per heavy atom. The lowest BCUT2D eigenvalue weighted by Gasteiger charge is -2.05. The van der Waals surface area contributed by atoms with Gasteiger partial charge in [0.05, 0.1) is 6.54 Å². The molecule has 3 N–H and O–H groups in total. The lowest BCUT2D eigenvalue weighted by molar-refractivity contribution is -0.121. The van der Waals surface area contributed by atoms with Crippen molar-refractivity contribution in [2.75, 3.05) is 6.54 Å². The summed E-state index contributed by atoms with van der Waals surface area (Å²) in [5, 5.41) is 2.71. The molecule has 5 nitrogen and oxygen atoms in total. The lowest BCUT2D eigenvalue weighted by atomic mass is 10.5. The van der Waals surface area contributed by atoms with Crippen LogP contribution in [0.5, 0.6) is 0 Å². The monoisotopic (exact) mass is 182 g/mol. The van der Waals surface area contributed by atoms with Gasteiger partial charge in [0.15, 0.2) is 0 Å². The van der Waals surface area contributed by atoms with Crippen LogP contribution >= 0.6 is 0 Å². The Kier molecular flexibility index (Phi) is 3.45. The Morgan fingerprint density at radius 3 is 3.15 bits per heavy atom. The molecule has 1 aromatic heterocycles. The van der Waals surface area contributed by atoms with Crippen LogP contribution in [0.25, 0.3) is 0 Å². The van der Waals surface area contributed by atoms with Gasteiger partial charge in [-0.2, -0.15) is 0 Å². The van der Waals surface area contributed by atoms with Crippen LogP contribution in [0.3, 0.4) is 0 Å². The molecule has 0 saturated heterocycles. The standard InChI is InChI=1S/C8H14N4O/c1-2-10-8(13)6-12-4-3-11-7(12)5-9/h3-4H,2,5-6,9H2,1H3,(H,10,13). The molecule has 0 radical (unpaired) electrons. The molecule has 0 unspecified atom stereocenters. The summed E-state index contributed by atoms with van der Waals surface area (Å²) in [6.45, 7) is 3.17. The number of likely N-dealkylation sites (N-methyl/N-ethyl adjacent to an activating group) is 1. The van der Waals surface area contributed by atoms with Gasteiger partial charge in [0.1, 0.15) is 12.4 Å². The molecule has 0 saturated carbocycles. The second-order valence-electron chi connectivity index (χ2n) is 2.63. The summed E-state index contributed by atoms with van der Waals surface area (Å²) in [7, 11) is 0. The van der Waals surface area contributed by atoms with Crippen LogP contribution in [0.1, 0.15) is 12.7 Å². The van der Waals surface area contributed by atoms with Crippen molar-refractivity contribution in [2.24, 2.45) is 5.73 Å². The lowest BCUT2D eigenvalue weighted by Crippen LogP contribution is -2.27. The number of imidazole rings is 1. The number of hydrogen-bond donors (Lipinski definition) is 2. The molecule has 0 atom stereocenters. The maximum absolute atomic E-state index is 11.2. The molecule has 0 aliphatic rings. The number of amides is 1. The van der Waals surface area contributed by atoms with E-state index in [0.717, 1.165) is 5.82 Å². The van der Waals surface area contributed by atoms with Gasteiger partial charge in [0, 0.05) is 18.9 Å². The number of hydrogen-bond acceptors (Lipinski definition) is 3. The van der Waals surface area contributed by atoms with Crippen molar-refractivity contribution in [3.63, 3.8) is 0 Å². The van der Waals surface area contributed by atoms with E-state index in [1.165, 1.54) is 0 Å². The highest BCUT2D eigenvalue weighted by Gasteiger charge is 2.04. The maximum atomic E-state index is 11.2. The fraction of sp³-hybridized carbons (Fsp3) is 0.500. The smallest absolute Gasteiger partial charge is 0.239 e. The minimum absolute atomic E-state index is 0.0183. The molecular weight excluding hydrogens is 168 g/mol. The third-order valence-corrected chi connectivity index (χ3v) is 1.67. The third kappa shape index (κ3) is 2.55. The van der Waals surface area contributed by atoms with Crippen LogP contribution in [0.4, 0.5) is 0 Å². The normalized spacial score (nSPS) is 10.0. The molecule has 0 aliphatic carbocycles. The molecule has 72 valence electrons. The predicted molar refractivity (Wildman–Crippen MR) is 48.8 cm³/mol. The van der Waals surface area contributed by atoms with E-state index in [1.807, 2.05) is 6.92 Å². The van der Waals surface area contributed by atoms with Crippen molar-refractivity contribution >= 4 is 5.91 Å². The van der Waals surface area contributed by atoms with Crippen LogP contribution in [0, 0.1) is 0 Å². The molecule has 1 rings (SSSR count). The molecule has 5 heteroatoms. The number of nitrogens with two attached hydrogens (primary N) is 1. The Hall–Kier alpha value is -1.36. The number of nitrogens with zero attached hydrogens (tertiary/aromatic N) is 2. The Morgan fingerprint density at radius 1 is 1.77 bits per heavy atom. The van der Waals surface area contributed by atoms with Crippen molar-refractivity contribution in [1.82, 2.24) is 14.9 Å². The molecule has 1 aromatic rings. The molecular formula is C8H14N4O. The van der Waals surface area contributed by atoms with Crippen molar-refractivity contribution in [2.45, 2.75) is 20.0 Å². The second-order valence-corrected chi connectivity index (χ2v) is 2.63. The van der Waals surface area contributed by atoms with Crippen molar-refractivity contribution in [3.05, 3.63) is 18.2 Å². The highest BCUT2D eigenvalue weighted by atomic mass is 16.1. The van der Waals surface area contributed by atoms with Crippen LogP contribution in [0.15, 0.2) is 12.4 Å². The third-order valence-electron chi connectivity index (χ3n) is 1.67. The van der Waals surface area contributed by atoms with E-state index in [9.17, 15) is 4.79 Å². The molecule has 0 spiro atoms. The van der Waals surface area contributed by atoms with Crippen molar-refractivity contribution in [3.8, 4) is 0 Å². The summed E-state index contributed by atoms with van der Waals surface area (Å²) < 4.78 is 1.74. The summed E-state index contributed by atoms with van der Waals surface area (Å²) in [5.41, 5.74) is 5.43. The van der Waals surface area contributed by atoms with Crippen molar-refractivity contribution in [1.29, 1.82) is 0 Å². The maximum Gasteiger partial charge on any atom is 0.239 e. The predicted octanol–water partition coefficient (Wildman–Crippen LogP) is -0.522. The first kappa shape index (κ1) is 9.73. The quantitative estimate of drug-likeness (QED) is 0.658. The van der Waals surface area contributed by atoms with E-state index < -0.39 is 0 Å². The van der Waals surface area contributed by atoms with E-state index in [4.69, 9.17) is 5.73 Å². The fourth-order valence-electron chi connectivity index (χ4n) is 1.08. The number of nitrogens with one attached hydrogen (secondary N) is 1. The van der Waals surface area contributed by atoms with E-state index in [0.29, 0.717) is 19.6 Å². The van der Waals surface area contributed by atoms with Gasteiger partial charge in [-0.05, 0) is 6.92 Å². The first-order chi connectivity index (χ1) is 6.27. The summed E-state index contributed by atoms with van der Waals surface area (Å²) >= 11 is 0. The van der Waals surface area contributed by atoms with Gasteiger partial charge < -0.3 is 15.6 Å². The number of carbonyl (C=O) groups is 1. The minimum Gasteiger partial charge on any atom is -0.355 e. The molecule has 0 bridgehead atoms. The Bertz CT molecular complexity index is 281. The molecule has 0 fully saturated rings. The summed E-state index contributed by atoms with van der Waals surface area (Å²) in [6, 6.07) is 0.